The monoisotopic (exact) mass is 319 g/mol. The molecule has 0 bridgehead atoms. The van der Waals surface area contributed by atoms with Crippen molar-refractivity contribution >= 4 is 11.9 Å². The van der Waals surface area contributed by atoms with Crippen molar-refractivity contribution in [1.82, 2.24) is 4.90 Å². The number of amides is 1. The molecule has 0 aliphatic carbocycles. The molecule has 1 atom stereocenters. The number of carbonyl (C=O) groups is 2. The number of hydrogen-bond acceptors (Lipinski definition) is 4. The lowest BCUT2D eigenvalue weighted by atomic mass is 10.0. The van der Waals surface area contributed by atoms with Gasteiger partial charge in [-0.1, -0.05) is 12.1 Å². The summed E-state index contributed by atoms with van der Waals surface area (Å²) in [5.74, 6) is 0.518. The van der Waals surface area contributed by atoms with Gasteiger partial charge in [0.25, 0.3) is 0 Å². The molecule has 1 saturated heterocycles. The summed E-state index contributed by atoms with van der Waals surface area (Å²) in [4.78, 5) is 25.8. The van der Waals surface area contributed by atoms with Gasteiger partial charge in [0.15, 0.2) is 0 Å². The molecule has 2 rings (SSSR count). The average molecular weight is 319 g/mol. The van der Waals surface area contributed by atoms with Crippen molar-refractivity contribution in [3.63, 3.8) is 0 Å². The Kier molecular flexibility index (Phi) is 6.44. The number of nitrogens with zero attached hydrogens (tertiary/aromatic N) is 1. The van der Waals surface area contributed by atoms with Crippen LogP contribution in [0, 0.1) is 6.92 Å². The lowest BCUT2D eigenvalue weighted by molar-refractivity contribution is -0.154. The first kappa shape index (κ1) is 17.3. The average Bonchev–Trinajstić information content (AvgIpc) is 2.58. The van der Waals surface area contributed by atoms with E-state index >= 15 is 0 Å². The number of esters is 1. The van der Waals surface area contributed by atoms with E-state index in [9.17, 15) is 9.59 Å². The fourth-order valence-electron chi connectivity index (χ4n) is 2.87. The highest BCUT2D eigenvalue weighted by molar-refractivity contribution is 5.84. The van der Waals surface area contributed by atoms with Crippen LogP contribution >= 0.6 is 0 Å². The van der Waals surface area contributed by atoms with Crippen LogP contribution in [0.4, 0.5) is 0 Å². The molecule has 0 radical (unpaired) electrons. The number of rotatable bonds is 6. The molecule has 1 aromatic rings. The van der Waals surface area contributed by atoms with Crippen LogP contribution in [0.2, 0.25) is 0 Å². The van der Waals surface area contributed by atoms with Gasteiger partial charge in [-0.05, 0) is 50.3 Å². The van der Waals surface area contributed by atoms with E-state index in [2.05, 4.69) is 0 Å². The molecule has 1 fully saturated rings. The van der Waals surface area contributed by atoms with Crippen molar-refractivity contribution in [3.05, 3.63) is 29.8 Å². The third kappa shape index (κ3) is 4.98. The fraction of sp³-hybridized carbons (Fsp3) is 0.556. The predicted octanol–water partition coefficient (Wildman–Crippen LogP) is 2.71. The minimum Gasteiger partial charge on any atom is -0.494 e. The molecule has 1 aliphatic heterocycles. The molecular formula is C18H25NO4. The molecule has 5 nitrogen and oxygen atoms in total. The number of ether oxygens (including phenoxy) is 2. The third-order valence-electron chi connectivity index (χ3n) is 4.09. The van der Waals surface area contributed by atoms with E-state index in [0.29, 0.717) is 32.4 Å². The first-order chi connectivity index (χ1) is 11.1. The second-order valence-electron chi connectivity index (χ2n) is 5.89. The van der Waals surface area contributed by atoms with Gasteiger partial charge < -0.3 is 14.4 Å². The normalized spacial score (nSPS) is 17.7. The van der Waals surface area contributed by atoms with Crippen LogP contribution in [0.15, 0.2) is 24.3 Å². The Morgan fingerprint density at radius 1 is 1.30 bits per heavy atom. The molecule has 0 spiro atoms. The van der Waals surface area contributed by atoms with E-state index < -0.39 is 6.04 Å². The summed E-state index contributed by atoms with van der Waals surface area (Å²) in [6.07, 6.45) is 3.62. The maximum atomic E-state index is 12.4. The molecule has 1 unspecified atom stereocenters. The molecule has 23 heavy (non-hydrogen) atoms. The van der Waals surface area contributed by atoms with Crippen molar-refractivity contribution in [2.75, 3.05) is 20.3 Å². The fourth-order valence-corrected chi connectivity index (χ4v) is 2.87. The number of hydrogen-bond donors (Lipinski definition) is 0. The standard InChI is InChI=1S/C18H25NO4/c1-14-7-5-8-15(13-14)23-12-6-10-17(20)19-11-4-3-9-16(19)18(21)22-2/h5,7-8,13,16H,3-4,6,9-12H2,1-2H3. The molecule has 5 heteroatoms. The quantitative estimate of drug-likeness (QED) is 0.597. The van der Waals surface area contributed by atoms with Gasteiger partial charge in [-0.25, -0.2) is 4.79 Å². The number of benzene rings is 1. The second kappa shape index (κ2) is 8.56. The lowest BCUT2D eigenvalue weighted by Gasteiger charge is -2.33. The van der Waals surface area contributed by atoms with E-state index in [-0.39, 0.29) is 11.9 Å². The smallest absolute Gasteiger partial charge is 0.328 e. The number of piperidine rings is 1. The van der Waals surface area contributed by atoms with Crippen LogP contribution in [-0.4, -0.2) is 43.1 Å². The number of likely N-dealkylation sites (tertiary alicyclic amines) is 1. The van der Waals surface area contributed by atoms with E-state index in [1.807, 2.05) is 31.2 Å². The minimum absolute atomic E-state index is 0.00735. The van der Waals surface area contributed by atoms with Gasteiger partial charge in [0.2, 0.25) is 5.91 Å². The van der Waals surface area contributed by atoms with Gasteiger partial charge in [-0.3, -0.25) is 4.79 Å². The predicted molar refractivity (Wildman–Crippen MR) is 87.3 cm³/mol. The molecule has 1 heterocycles. The van der Waals surface area contributed by atoms with Crippen molar-refractivity contribution in [1.29, 1.82) is 0 Å². The van der Waals surface area contributed by atoms with Crippen molar-refractivity contribution in [2.24, 2.45) is 0 Å². The van der Waals surface area contributed by atoms with E-state index in [1.165, 1.54) is 7.11 Å². The van der Waals surface area contributed by atoms with Gasteiger partial charge in [-0.15, -0.1) is 0 Å². The van der Waals surface area contributed by atoms with Gasteiger partial charge in [0.1, 0.15) is 11.8 Å². The summed E-state index contributed by atoms with van der Waals surface area (Å²) in [6, 6.07) is 7.43. The summed E-state index contributed by atoms with van der Waals surface area (Å²) in [5, 5.41) is 0. The van der Waals surface area contributed by atoms with Crippen molar-refractivity contribution < 1.29 is 19.1 Å². The van der Waals surface area contributed by atoms with Gasteiger partial charge >= 0.3 is 5.97 Å². The second-order valence-corrected chi connectivity index (χ2v) is 5.89. The molecule has 0 aromatic heterocycles. The summed E-state index contributed by atoms with van der Waals surface area (Å²) in [7, 11) is 1.37. The summed E-state index contributed by atoms with van der Waals surface area (Å²) in [6.45, 7) is 3.14. The molecule has 0 saturated carbocycles. The molecule has 1 aliphatic rings. The van der Waals surface area contributed by atoms with Crippen molar-refractivity contribution in [3.8, 4) is 5.75 Å². The van der Waals surface area contributed by atoms with Gasteiger partial charge in [0.05, 0.1) is 13.7 Å². The zero-order valence-electron chi connectivity index (χ0n) is 13.9. The largest absolute Gasteiger partial charge is 0.494 e. The molecule has 1 aromatic carbocycles. The van der Waals surface area contributed by atoms with Gasteiger partial charge in [0, 0.05) is 13.0 Å². The van der Waals surface area contributed by atoms with Crippen LogP contribution in [-0.2, 0) is 14.3 Å². The number of methoxy groups -OCH3 is 1. The highest BCUT2D eigenvalue weighted by Crippen LogP contribution is 2.19. The molecule has 1 amide bonds. The van der Waals surface area contributed by atoms with Crippen LogP contribution < -0.4 is 4.74 Å². The minimum atomic E-state index is -0.418. The van der Waals surface area contributed by atoms with Crippen LogP contribution in [0.25, 0.3) is 0 Å². The van der Waals surface area contributed by atoms with Crippen molar-refractivity contribution in [2.45, 2.75) is 45.1 Å². The topological polar surface area (TPSA) is 55.8 Å². The van der Waals surface area contributed by atoms with Crippen LogP contribution in [0.5, 0.6) is 5.75 Å². The zero-order valence-corrected chi connectivity index (χ0v) is 13.9. The summed E-state index contributed by atoms with van der Waals surface area (Å²) < 4.78 is 10.5. The number of carbonyl (C=O) groups excluding carboxylic acids is 2. The Balaban J connectivity index is 1.78. The summed E-state index contributed by atoms with van der Waals surface area (Å²) in [5.41, 5.74) is 1.15. The van der Waals surface area contributed by atoms with Gasteiger partial charge in [-0.2, -0.15) is 0 Å². The first-order valence-electron chi connectivity index (χ1n) is 8.18. The Labute approximate surface area is 137 Å². The SMILES string of the molecule is COC(=O)C1CCCCN1C(=O)CCCOc1cccc(C)c1. The maximum Gasteiger partial charge on any atom is 0.328 e. The summed E-state index contributed by atoms with van der Waals surface area (Å²) >= 11 is 0. The Bertz CT molecular complexity index is 544. The Hall–Kier alpha value is -2.04. The Morgan fingerprint density at radius 3 is 2.87 bits per heavy atom. The van der Waals surface area contributed by atoms with Crippen LogP contribution in [0.1, 0.15) is 37.7 Å². The highest BCUT2D eigenvalue weighted by Gasteiger charge is 2.32. The highest BCUT2D eigenvalue weighted by atomic mass is 16.5. The first-order valence-corrected chi connectivity index (χ1v) is 8.18. The molecule has 126 valence electrons. The van der Waals surface area contributed by atoms with E-state index in [1.54, 1.807) is 4.90 Å². The third-order valence-corrected chi connectivity index (χ3v) is 4.09. The zero-order chi connectivity index (χ0) is 16.7. The van der Waals surface area contributed by atoms with E-state index in [0.717, 1.165) is 24.2 Å². The Morgan fingerprint density at radius 2 is 2.13 bits per heavy atom. The van der Waals surface area contributed by atoms with Crippen LogP contribution in [0.3, 0.4) is 0 Å². The lowest BCUT2D eigenvalue weighted by Crippen LogP contribution is -2.48. The maximum absolute atomic E-state index is 12.4. The van der Waals surface area contributed by atoms with E-state index in [4.69, 9.17) is 9.47 Å². The molecule has 0 N–H and O–H groups in total. The number of aryl methyl sites for hydroxylation is 1. The molecular weight excluding hydrogens is 294 g/mol.